The predicted octanol–water partition coefficient (Wildman–Crippen LogP) is 1.72. The Kier molecular flexibility index (Phi) is 2.82. The van der Waals surface area contributed by atoms with Gasteiger partial charge in [0.25, 0.3) is 0 Å². The number of carbonyl (C=O) groups is 1. The minimum absolute atomic E-state index is 0.147. The van der Waals surface area contributed by atoms with Crippen LogP contribution in [0.3, 0.4) is 0 Å². The molecule has 0 aromatic carbocycles. The summed E-state index contributed by atoms with van der Waals surface area (Å²) < 4.78 is 0. The first-order chi connectivity index (χ1) is 8.70. The lowest BCUT2D eigenvalue weighted by molar-refractivity contribution is -0.118. The average Bonchev–Trinajstić information content (AvgIpc) is 3.07. The van der Waals surface area contributed by atoms with Gasteiger partial charge in [-0.1, -0.05) is 6.07 Å². The molecule has 2 heterocycles. The number of nitrogens with one attached hydrogen (secondary N) is 2. The van der Waals surface area contributed by atoms with Crippen LogP contribution in [0.15, 0.2) is 18.3 Å². The van der Waals surface area contributed by atoms with Crippen LogP contribution in [0.1, 0.15) is 24.8 Å². The highest BCUT2D eigenvalue weighted by Crippen LogP contribution is 2.58. The molecule has 4 nitrogen and oxygen atoms in total. The van der Waals surface area contributed by atoms with E-state index in [4.69, 9.17) is 0 Å². The fraction of sp³-hybridized carbons (Fsp3) is 0.571. The number of aromatic nitrogens is 1. The number of pyridine rings is 1. The quantitative estimate of drug-likeness (QED) is 0.834. The largest absolute Gasteiger partial charge is 0.317 e. The standard InChI is InChI=1S/C14H19N3O/c1-10-2-3-12(16-9-10)17-13(18)11-8-14(11)4-6-15-7-5-14/h2-3,9,11,15H,4-8H2,1H3,(H,16,17,18). The van der Waals surface area contributed by atoms with Gasteiger partial charge in [-0.2, -0.15) is 0 Å². The summed E-state index contributed by atoms with van der Waals surface area (Å²) in [5.41, 5.74) is 1.40. The number of amides is 1. The van der Waals surface area contributed by atoms with Crippen LogP contribution >= 0.6 is 0 Å². The Labute approximate surface area is 107 Å². The molecule has 1 saturated carbocycles. The SMILES string of the molecule is Cc1ccc(NC(=O)C2CC23CCNCC3)nc1. The van der Waals surface area contributed by atoms with Gasteiger partial charge in [-0.15, -0.1) is 0 Å². The molecule has 1 unspecified atom stereocenters. The minimum atomic E-state index is 0.147. The van der Waals surface area contributed by atoms with Crippen molar-refractivity contribution in [3.63, 3.8) is 0 Å². The summed E-state index contributed by atoms with van der Waals surface area (Å²) in [6.45, 7) is 4.09. The second-order valence-electron chi connectivity index (χ2n) is 5.58. The minimum Gasteiger partial charge on any atom is -0.317 e. The molecule has 1 aromatic rings. The molecule has 0 radical (unpaired) electrons. The Bertz CT molecular complexity index is 449. The van der Waals surface area contributed by atoms with Crippen molar-refractivity contribution in [2.75, 3.05) is 18.4 Å². The number of carbonyl (C=O) groups excluding carboxylic acids is 1. The van der Waals surface area contributed by atoms with E-state index in [9.17, 15) is 4.79 Å². The van der Waals surface area contributed by atoms with Gasteiger partial charge in [0.15, 0.2) is 0 Å². The van der Waals surface area contributed by atoms with Crippen molar-refractivity contribution in [1.29, 1.82) is 0 Å². The Morgan fingerprint density at radius 1 is 1.44 bits per heavy atom. The molecule has 1 aromatic heterocycles. The summed E-state index contributed by atoms with van der Waals surface area (Å²) in [6.07, 6.45) is 5.09. The Balaban J connectivity index is 1.61. The summed E-state index contributed by atoms with van der Waals surface area (Å²) in [6, 6.07) is 3.83. The summed E-state index contributed by atoms with van der Waals surface area (Å²) in [5.74, 6) is 1.01. The second kappa shape index (κ2) is 4.35. The van der Waals surface area contributed by atoms with E-state index in [0.29, 0.717) is 11.2 Å². The molecular formula is C14H19N3O. The lowest BCUT2D eigenvalue weighted by Gasteiger charge is -2.23. The van der Waals surface area contributed by atoms with Crippen molar-refractivity contribution >= 4 is 11.7 Å². The van der Waals surface area contributed by atoms with Gasteiger partial charge in [0, 0.05) is 12.1 Å². The maximum absolute atomic E-state index is 12.2. The topological polar surface area (TPSA) is 54.0 Å². The van der Waals surface area contributed by atoms with Crippen molar-refractivity contribution in [3.05, 3.63) is 23.9 Å². The zero-order valence-electron chi connectivity index (χ0n) is 10.7. The van der Waals surface area contributed by atoms with Crippen molar-refractivity contribution in [3.8, 4) is 0 Å². The first-order valence-corrected chi connectivity index (χ1v) is 6.64. The maximum atomic E-state index is 12.2. The van der Waals surface area contributed by atoms with Crippen LogP contribution in [0.25, 0.3) is 0 Å². The Hall–Kier alpha value is -1.42. The highest BCUT2D eigenvalue weighted by molar-refractivity contribution is 5.94. The normalized spacial score (nSPS) is 24.8. The van der Waals surface area contributed by atoms with E-state index in [-0.39, 0.29) is 11.8 Å². The predicted molar refractivity (Wildman–Crippen MR) is 70.2 cm³/mol. The molecule has 1 aliphatic heterocycles. The number of rotatable bonds is 2. The third-order valence-corrected chi connectivity index (χ3v) is 4.27. The molecule has 2 N–H and O–H groups in total. The van der Waals surface area contributed by atoms with E-state index in [1.54, 1.807) is 6.20 Å². The van der Waals surface area contributed by atoms with Crippen molar-refractivity contribution in [1.82, 2.24) is 10.3 Å². The summed E-state index contributed by atoms with van der Waals surface area (Å²) in [4.78, 5) is 16.4. The molecule has 4 heteroatoms. The first kappa shape index (κ1) is 11.7. The highest BCUT2D eigenvalue weighted by Gasteiger charge is 2.57. The van der Waals surface area contributed by atoms with Crippen molar-refractivity contribution in [2.24, 2.45) is 11.3 Å². The molecule has 96 valence electrons. The molecule has 1 amide bonds. The lowest BCUT2D eigenvalue weighted by atomic mass is 9.92. The van der Waals surface area contributed by atoms with Gasteiger partial charge < -0.3 is 10.6 Å². The van der Waals surface area contributed by atoms with E-state index in [2.05, 4.69) is 15.6 Å². The first-order valence-electron chi connectivity index (χ1n) is 6.64. The highest BCUT2D eigenvalue weighted by atomic mass is 16.2. The lowest BCUT2D eigenvalue weighted by Crippen LogP contribution is -2.31. The van der Waals surface area contributed by atoms with Gasteiger partial charge in [-0.05, 0) is 56.3 Å². The summed E-state index contributed by atoms with van der Waals surface area (Å²) >= 11 is 0. The van der Waals surface area contributed by atoms with E-state index in [1.165, 1.54) is 0 Å². The van der Waals surface area contributed by atoms with Gasteiger partial charge in [0.05, 0.1) is 0 Å². The number of hydrogen-bond donors (Lipinski definition) is 2. The average molecular weight is 245 g/mol. The van der Waals surface area contributed by atoms with Crippen LogP contribution in [-0.4, -0.2) is 24.0 Å². The maximum Gasteiger partial charge on any atom is 0.229 e. The third-order valence-electron chi connectivity index (χ3n) is 4.27. The Morgan fingerprint density at radius 3 is 2.89 bits per heavy atom. The van der Waals surface area contributed by atoms with E-state index in [0.717, 1.165) is 37.9 Å². The zero-order chi connectivity index (χ0) is 12.6. The molecule has 1 atom stereocenters. The van der Waals surface area contributed by atoms with Gasteiger partial charge in [-0.25, -0.2) is 4.98 Å². The number of piperidine rings is 1. The van der Waals surface area contributed by atoms with Crippen LogP contribution in [0.4, 0.5) is 5.82 Å². The smallest absolute Gasteiger partial charge is 0.229 e. The molecule has 18 heavy (non-hydrogen) atoms. The number of nitrogens with zero attached hydrogens (tertiary/aromatic N) is 1. The van der Waals surface area contributed by atoms with Gasteiger partial charge in [0.1, 0.15) is 5.82 Å². The molecule has 2 fully saturated rings. The molecular weight excluding hydrogens is 226 g/mol. The number of anilines is 1. The molecule has 1 aliphatic carbocycles. The third kappa shape index (κ3) is 2.12. The van der Waals surface area contributed by atoms with E-state index < -0.39 is 0 Å². The molecule has 0 bridgehead atoms. The van der Waals surface area contributed by atoms with E-state index in [1.807, 2.05) is 19.1 Å². The van der Waals surface area contributed by atoms with Crippen molar-refractivity contribution in [2.45, 2.75) is 26.2 Å². The van der Waals surface area contributed by atoms with Crippen LogP contribution in [-0.2, 0) is 4.79 Å². The number of hydrogen-bond acceptors (Lipinski definition) is 3. The van der Waals surface area contributed by atoms with Gasteiger partial charge >= 0.3 is 0 Å². The number of aryl methyl sites for hydroxylation is 1. The molecule has 2 aliphatic rings. The molecule has 1 saturated heterocycles. The van der Waals surface area contributed by atoms with Gasteiger partial charge in [0.2, 0.25) is 5.91 Å². The van der Waals surface area contributed by atoms with Crippen LogP contribution in [0, 0.1) is 18.3 Å². The van der Waals surface area contributed by atoms with Crippen LogP contribution in [0.5, 0.6) is 0 Å². The second-order valence-corrected chi connectivity index (χ2v) is 5.58. The van der Waals surface area contributed by atoms with Crippen molar-refractivity contribution < 1.29 is 4.79 Å². The zero-order valence-corrected chi connectivity index (χ0v) is 10.7. The summed E-state index contributed by atoms with van der Waals surface area (Å²) in [7, 11) is 0. The summed E-state index contributed by atoms with van der Waals surface area (Å²) in [5, 5.41) is 6.28. The molecule has 3 rings (SSSR count). The fourth-order valence-electron chi connectivity index (χ4n) is 2.95. The van der Waals surface area contributed by atoms with Crippen LogP contribution < -0.4 is 10.6 Å². The molecule has 1 spiro atoms. The monoisotopic (exact) mass is 245 g/mol. The Morgan fingerprint density at radius 2 is 2.22 bits per heavy atom. The van der Waals surface area contributed by atoms with E-state index >= 15 is 0 Å². The van der Waals surface area contributed by atoms with Crippen LogP contribution in [0.2, 0.25) is 0 Å². The fourth-order valence-corrected chi connectivity index (χ4v) is 2.95. The van der Waals surface area contributed by atoms with Gasteiger partial charge in [-0.3, -0.25) is 4.79 Å².